The van der Waals surface area contributed by atoms with Crippen molar-refractivity contribution in [2.24, 2.45) is 0 Å². The Hall–Kier alpha value is -0.440. The zero-order chi connectivity index (χ0) is 14.7. The summed E-state index contributed by atoms with van der Waals surface area (Å²) in [6, 6.07) is 11.2. The maximum absolute atomic E-state index is 6.71. The molecular weight excluding hydrogens is 316 g/mol. The number of benzene rings is 1. The molecule has 0 amide bonds. The first-order valence-electron chi connectivity index (χ1n) is 7.70. The first-order chi connectivity index (χ1) is 10.3. The van der Waals surface area contributed by atoms with E-state index in [2.05, 4.69) is 37.3 Å². The molecule has 0 N–H and O–H groups in total. The van der Waals surface area contributed by atoms with E-state index in [0.717, 1.165) is 5.75 Å². The van der Waals surface area contributed by atoms with Gasteiger partial charge in [0.05, 0.1) is 5.38 Å². The summed E-state index contributed by atoms with van der Waals surface area (Å²) in [5.41, 5.74) is 4.16. The van der Waals surface area contributed by atoms with Crippen LogP contribution in [0.4, 0.5) is 0 Å². The van der Waals surface area contributed by atoms with Crippen molar-refractivity contribution < 1.29 is 0 Å². The van der Waals surface area contributed by atoms with Crippen LogP contribution in [0, 0.1) is 0 Å². The highest BCUT2D eigenvalue weighted by Gasteiger charge is 2.19. The van der Waals surface area contributed by atoms with E-state index in [-0.39, 0.29) is 5.38 Å². The van der Waals surface area contributed by atoms with Gasteiger partial charge in [0.25, 0.3) is 0 Å². The van der Waals surface area contributed by atoms with E-state index in [0.29, 0.717) is 0 Å². The van der Waals surface area contributed by atoms with Gasteiger partial charge in [-0.2, -0.15) is 11.8 Å². The first kappa shape index (κ1) is 15.5. The molecule has 0 fully saturated rings. The summed E-state index contributed by atoms with van der Waals surface area (Å²) in [7, 11) is 0. The third-order valence-electron chi connectivity index (χ3n) is 3.99. The Bertz CT molecular complexity index is 562. The van der Waals surface area contributed by atoms with Crippen LogP contribution in [0.5, 0.6) is 0 Å². The Morgan fingerprint density at radius 2 is 2.05 bits per heavy atom. The van der Waals surface area contributed by atoms with Gasteiger partial charge in [0.1, 0.15) is 0 Å². The molecule has 112 valence electrons. The van der Waals surface area contributed by atoms with E-state index in [1.54, 1.807) is 4.88 Å². The Labute approximate surface area is 140 Å². The van der Waals surface area contributed by atoms with Crippen LogP contribution >= 0.6 is 34.7 Å². The number of hydrogen-bond donors (Lipinski definition) is 0. The van der Waals surface area contributed by atoms with Gasteiger partial charge in [0.15, 0.2) is 0 Å². The van der Waals surface area contributed by atoms with Crippen molar-refractivity contribution >= 4 is 34.7 Å². The monoisotopic (exact) mass is 336 g/mol. The lowest BCUT2D eigenvalue weighted by atomic mass is 10.0. The predicted octanol–water partition coefficient (Wildman–Crippen LogP) is 6.21. The van der Waals surface area contributed by atoms with Gasteiger partial charge in [-0.1, -0.05) is 37.6 Å². The second-order valence-corrected chi connectivity index (χ2v) is 8.32. The van der Waals surface area contributed by atoms with E-state index in [1.165, 1.54) is 53.0 Å². The number of rotatable bonds is 5. The molecule has 1 aliphatic heterocycles. The molecule has 0 saturated carbocycles. The van der Waals surface area contributed by atoms with Crippen LogP contribution in [0.25, 0.3) is 0 Å². The van der Waals surface area contributed by atoms with Crippen molar-refractivity contribution in [1.82, 2.24) is 0 Å². The minimum atomic E-state index is 0.00539. The topological polar surface area (TPSA) is 0 Å². The van der Waals surface area contributed by atoms with Crippen molar-refractivity contribution in [2.75, 3.05) is 5.75 Å². The number of thiophene rings is 1. The smallest absolute Gasteiger partial charge is 0.0927 e. The highest BCUT2D eigenvalue weighted by atomic mass is 35.5. The molecule has 0 saturated heterocycles. The van der Waals surface area contributed by atoms with Gasteiger partial charge < -0.3 is 0 Å². The standard InChI is InChI=1S/C18H21ClS2/c1-2-3-4-13-5-7-14(8-6-13)18(19)17-11-15-12-20-10-9-16(15)21-17/h5-8,11,18H,2-4,9-10,12H2,1H3. The van der Waals surface area contributed by atoms with Gasteiger partial charge in [0.2, 0.25) is 0 Å². The van der Waals surface area contributed by atoms with Crippen LogP contribution in [0.3, 0.4) is 0 Å². The molecule has 1 aliphatic rings. The molecule has 1 aromatic heterocycles. The van der Waals surface area contributed by atoms with Crippen LogP contribution in [0.15, 0.2) is 30.3 Å². The molecule has 3 rings (SSSR count). The zero-order valence-corrected chi connectivity index (χ0v) is 14.8. The summed E-state index contributed by atoms with van der Waals surface area (Å²) in [5, 5.41) is 0.00539. The maximum Gasteiger partial charge on any atom is 0.0927 e. The van der Waals surface area contributed by atoms with Crippen LogP contribution in [0.2, 0.25) is 0 Å². The molecule has 2 heterocycles. The third-order valence-corrected chi connectivity index (χ3v) is 6.91. The fraction of sp³-hybridized carbons (Fsp3) is 0.444. The van der Waals surface area contributed by atoms with Crippen LogP contribution in [0.1, 0.15) is 51.6 Å². The number of alkyl halides is 1. The summed E-state index contributed by atoms with van der Waals surface area (Å²) in [6.45, 7) is 2.24. The second-order valence-electron chi connectivity index (χ2n) is 5.61. The van der Waals surface area contributed by atoms with Gasteiger partial charge in [-0.15, -0.1) is 22.9 Å². The molecule has 0 aliphatic carbocycles. The molecule has 1 aromatic carbocycles. The van der Waals surface area contributed by atoms with E-state index >= 15 is 0 Å². The van der Waals surface area contributed by atoms with Crippen molar-refractivity contribution in [3.05, 3.63) is 56.8 Å². The van der Waals surface area contributed by atoms with Gasteiger partial charge in [-0.05, 0) is 47.8 Å². The van der Waals surface area contributed by atoms with E-state index in [1.807, 2.05) is 23.1 Å². The van der Waals surface area contributed by atoms with Crippen LogP contribution in [-0.4, -0.2) is 5.75 Å². The van der Waals surface area contributed by atoms with Gasteiger partial charge in [-0.3, -0.25) is 0 Å². The van der Waals surface area contributed by atoms with E-state index in [9.17, 15) is 0 Å². The summed E-state index contributed by atoms with van der Waals surface area (Å²) in [6.07, 6.45) is 4.90. The average Bonchev–Trinajstić information content (AvgIpc) is 2.96. The molecule has 1 unspecified atom stereocenters. The fourth-order valence-corrected chi connectivity index (χ4v) is 5.42. The van der Waals surface area contributed by atoms with Crippen molar-refractivity contribution in [3.63, 3.8) is 0 Å². The van der Waals surface area contributed by atoms with Gasteiger partial charge in [-0.25, -0.2) is 0 Å². The molecule has 1 atom stereocenters. The summed E-state index contributed by atoms with van der Waals surface area (Å²) in [5.74, 6) is 2.41. The molecule has 2 aromatic rings. The Kier molecular flexibility index (Phi) is 5.31. The Morgan fingerprint density at radius 1 is 1.24 bits per heavy atom. The van der Waals surface area contributed by atoms with Gasteiger partial charge >= 0.3 is 0 Å². The van der Waals surface area contributed by atoms with E-state index < -0.39 is 0 Å². The number of unbranched alkanes of at least 4 members (excludes halogenated alkanes) is 1. The van der Waals surface area contributed by atoms with Gasteiger partial charge in [0, 0.05) is 15.5 Å². The third kappa shape index (κ3) is 3.67. The minimum Gasteiger partial charge on any atom is -0.157 e. The number of fused-ring (bicyclic) bond motifs is 1. The normalized spacial score (nSPS) is 15.7. The minimum absolute atomic E-state index is 0.00539. The van der Waals surface area contributed by atoms with E-state index in [4.69, 9.17) is 11.6 Å². The van der Waals surface area contributed by atoms with Crippen LogP contribution < -0.4 is 0 Å². The SMILES string of the molecule is CCCCc1ccc(C(Cl)c2cc3c(s2)CCSC3)cc1. The summed E-state index contributed by atoms with van der Waals surface area (Å²) >= 11 is 10.7. The lowest BCUT2D eigenvalue weighted by Crippen LogP contribution is -1.96. The number of thioether (sulfide) groups is 1. The van der Waals surface area contributed by atoms with Crippen molar-refractivity contribution in [3.8, 4) is 0 Å². The summed E-state index contributed by atoms with van der Waals surface area (Å²) < 4.78 is 0. The Morgan fingerprint density at radius 3 is 2.76 bits per heavy atom. The quantitative estimate of drug-likeness (QED) is 0.585. The molecule has 3 heteroatoms. The maximum atomic E-state index is 6.71. The predicted molar refractivity (Wildman–Crippen MR) is 96.9 cm³/mol. The van der Waals surface area contributed by atoms with Crippen LogP contribution in [-0.2, 0) is 18.6 Å². The summed E-state index contributed by atoms with van der Waals surface area (Å²) in [4.78, 5) is 2.86. The largest absolute Gasteiger partial charge is 0.157 e. The molecule has 0 spiro atoms. The molecular formula is C18H21ClS2. The molecule has 0 bridgehead atoms. The molecule has 0 radical (unpaired) electrons. The second kappa shape index (κ2) is 7.21. The zero-order valence-electron chi connectivity index (χ0n) is 12.4. The Balaban J connectivity index is 1.75. The molecule has 0 nitrogen and oxygen atoms in total. The molecule has 21 heavy (non-hydrogen) atoms. The average molecular weight is 337 g/mol. The van der Waals surface area contributed by atoms with Crippen molar-refractivity contribution in [1.29, 1.82) is 0 Å². The fourth-order valence-electron chi connectivity index (χ4n) is 2.69. The lowest BCUT2D eigenvalue weighted by molar-refractivity contribution is 0.794. The number of hydrogen-bond acceptors (Lipinski definition) is 2. The van der Waals surface area contributed by atoms with Crippen molar-refractivity contribution in [2.45, 2.75) is 43.7 Å². The number of aryl methyl sites for hydroxylation is 2. The number of halogens is 1. The highest BCUT2D eigenvalue weighted by Crippen LogP contribution is 2.39. The first-order valence-corrected chi connectivity index (χ1v) is 10.1. The highest BCUT2D eigenvalue weighted by molar-refractivity contribution is 7.98. The lowest BCUT2D eigenvalue weighted by Gasteiger charge is -2.09.